The minimum absolute atomic E-state index is 0.627. The lowest BCUT2D eigenvalue weighted by atomic mass is 10.1. The number of ether oxygens (including phenoxy) is 1. The second kappa shape index (κ2) is 7.90. The maximum absolute atomic E-state index is 5.93. The standard InChI is InChI=1S/C20H16ClN3O2S/c1-25-17-4-2-3-16(11-17)24-10-9-22-20(24)27-13-18-12-19(23-26-18)14-5-7-15(21)8-6-14/h2-12H,13H2,1H3. The molecule has 27 heavy (non-hydrogen) atoms. The molecule has 7 heteroatoms. The van der Waals surface area contributed by atoms with Gasteiger partial charge in [-0.3, -0.25) is 4.57 Å². The van der Waals surface area contributed by atoms with Crippen LogP contribution < -0.4 is 4.74 Å². The molecule has 0 amide bonds. The van der Waals surface area contributed by atoms with E-state index in [0.717, 1.165) is 33.6 Å². The lowest BCUT2D eigenvalue weighted by Gasteiger charge is -2.08. The zero-order valence-electron chi connectivity index (χ0n) is 14.5. The molecule has 0 aliphatic carbocycles. The van der Waals surface area contributed by atoms with Crippen molar-refractivity contribution in [2.24, 2.45) is 0 Å². The molecule has 4 aromatic rings. The summed E-state index contributed by atoms with van der Waals surface area (Å²) in [6, 6.07) is 17.3. The Balaban J connectivity index is 1.49. The van der Waals surface area contributed by atoms with Gasteiger partial charge in [0, 0.05) is 35.1 Å². The minimum Gasteiger partial charge on any atom is -0.497 e. The first-order valence-corrected chi connectivity index (χ1v) is 9.61. The van der Waals surface area contributed by atoms with Gasteiger partial charge in [0.25, 0.3) is 0 Å². The van der Waals surface area contributed by atoms with Gasteiger partial charge in [0.15, 0.2) is 5.16 Å². The van der Waals surface area contributed by atoms with Gasteiger partial charge in [-0.15, -0.1) is 0 Å². The number of methoxy groups -OCH3 is 1. The summed E-state index contributed by atoms with van der Waals surface area (Å²) in [5, 5.41) is 5.71. The molecule has 5 nitrogen and oxygen atoms in total. The van der Waals surface area contributed by atoms with E-state index in [1.165, 1.54) is 0 Å². The van der Waals surface area contributed by atoms with Crippen molar-refractivity contribution in [1.82, 2.24) is 14.7 Å². The SMILES string of the molecule is COc1cccc(-n2ccnc2SCc2cc(-c3ccc(Cl)cc3)no2)c1. The number of benzene rings is 2. The van der Waals surface area contributed by atoms with Crippen LogP contribution in [0, 0.1) is 0 Å². The molecule has 2 aromatic heterocycles. The fourth-order valence-electron chi connectivity index (χ4n) is 2.63. The van der Waals surface area contributed by atoms with E-state index in [-0.39, 0.29) is 0 Å². The Labute approximate surface area is 165 Å². The smallest absolute Gasteiger partial charge is 0.173 e. The van der Waals surface area contributed by atoms with E-state index in [1.54, 1.807) is 25.1 Å². The fraction of sp³-hybridized carbons (Fsp3) is 0.100. The molecule has 0 bridgehead atoms. The van der Waals surface area contributed by atoms with Gasteiger partial charge in [-0.25, -0.2) is 4.98 Å². The van der Waals surface area contributed by atoms with Crippen molar-refractivity contribution in [3.8, 4) is 22.7 Å². The highest BCUT2D eigenvalue weighted by Crippen LogP contribution is 2.28. The summed E-state index contributed by atoms with van der Waals surface area (Å²) < 4.78 is 12.8. The van der Waals surface area contributed by atoms with Gasteiger partial charge in [0.2, 0.25) is 0 Å². The number of hydrogen-bond acceptors (Lipinski definition) is 5. The van der Waals surface area contributed by atoms with Crippen LogP contribution in [0.5, 0.6) is 5.75 Å². The van der Waals surface area contributed by atoms with Crippen LogP contribution in [0.3, 0.4) is 0 Å². The molecule has 0 aliphatic heterocycles. The maximum atomic E-state index is 5.93. The summed E-state index contributed by atoms with van der Waals surface area (Å²) >= 11 is 7.51. The molecule has 136 valence electrons. The summed E-state index contributed by atoms with van der Waals surface area (Å²) in [5.74, 6) is 2.21. The number of rotatable bonds is 6. The average Bonchev–Trinajstić information content (AvgIpc) is 3.36. The van der Waals surface area contributed by atoms with Crippen molar-refractivity contribution in [2.75, 3.05) is 7.11 Å². The third-order valence-electron chi connectivity index (χ3n) is 3.98. The van der Waals surface area contributed by atoms with Crippen LogP contribution in [0.4, 0.5) is 0 Å². The van der Waals surface area contributed by atoms with Gasteiger partial charge < -0.3 is 9.26 Å². The molecular formula is C20H16ClN3O2S. The van der Waals surface area contributed by atoms with Gasteiger partial charge in [0.1, 0.15) is 17.2 Å². The van der Waals surface area contributed by atoms with Crippen LogP contribution in [-0.2, 0) is 5.75 Å². The summed E-state index contributed by atoms with van der Waals surface area (Å²) in [4.78, 5) is 4.45. The van der Waals surface area contributed by atoms with Crippen molar-refractivity contribution in [1.29, 1.82) is 0 Å². The van der Waals surface area contributed by atoms with E-state index in [2.05, 4.69) is 10.1 Å². The largest absolute Gasteiger partial charge is 0.497 e. The van der Waals surface area contributed by atoms with E-state index < -0.39 is 0 Å². The number of aromatic nitrogens is 3. The Bertz CT molecular complexity index is 1040. The molecule has 0 fully saturated rings. The molecule has 0 atom stereocenters. The van der Waals surface area contributed by atoms with Crippen LogP contribution in [0.1, 0.15) is 5.76 Å². The number of halogens is 1. The average molecular weight is 398 g/mol. The van der Waals surface area contributed by atoms with Gasteiger partial charge in [-0.2, -0.15) is 0 Å². The fourth-order valence-corrected chi connectivity index (χ4v) is 3.60. The van der Waals surface area contributed by atoms with E-state index in [1.807, 2.05) is 65.4 Å². The first-order valence-electron chi connectivity index (χ1n) is 8.25. The summed E-state index contributed by atoms with van der Waals surface area (Å²) in [5.41, 5.74) is 2.75. The number of thioether (sulfide) groups is 1. The van der Waals surface area contributed by atoms with E-state index in [0.29, 0.717) is 10.8 Å². The predicted octanol–water partition coefficient (Wildman–Crippen LogP) is 5.48. The highest BCUT2D eigenvalue weighted by Gasteiger charge is 2.11. The zero-order valence-corrected chi connectivity index (χ0v) is 16.1. The molecule has 0 unspecified atom stereocenters. The van der Waals surface area contributed by atoms with Crippen LogP contribution in [-0.4, -0.2) is 21.8 Å². The number of hydrogen-bond donors (Lipinski definition) is 0. The lowest BCUT2D eigenvalue weighted by Crippen LogP contribution is -1.96. The van der Waals surface area contributed by atoms with Crippen molar-refractivity contribution in [2.45, 2.75) is 10.9 Å². The molecule has 0 saturated carbocycles. The normalized spacial score (nSPS) is 10.9. The third-order valence-corrected chi connectivity index (χ3v) is 5.22. The topological polar surface area (TPSA) is 53.1 Å². The summed E-state index contributed by atoms with van der Waals surface area (Å²) in [7, 11) is 1.66. The predicted molar refractivity (Wildman–Crippen MR) is 107 cm³/mol. The Morgan fingerprint density at radius 3 is 2.81 bits per heavy atom. The van der Waals surface area contributed by atoms with Crippen molar-refractivity contribution in [3.63, 3.8) is 0 Å². The molecule has 0 saturated heterocycles. The first kappa shape index (κ1) is 17.7. The molecule has 4 rings (SSSR count). The molecular weight excluding hydrogens is 382 g/mol. The van der Waals surface area contributed by atoms with Crippen molar-refractivity contribution in [3.05, 3.63) is 77.8 Å². The van der Waals surface area contributed by atoms with Gasteiger partial charge in [-0.1, -0.05) is 46.7 Å². The monoisotopic (exact) mass is 397 g/mol. The molecule has 0 spiro atoms. The Hall–Kier alpha value is -2.70. The van der Waals surface area contributed by atoms with E-state index in [9.17, 15) is 0 Å². The van der Waals surface area contributed by atoms with Gasteiger partial charge in [-0.05, 0) is 24.3 Å². The summed E-state index contributed by atoms with van der Waals surface area (Å²) in [6.45, 7) is 0. The lowest BCUT2D eigenvalue weighted by molar-refractivity contribution is 0.397. The van der Waals surface area contributed by atoms with Crippen molar-refractivity contribution >= 4 is 23.4 Å². The first-order chi connectivity index (χ1) is 13.2. The Morgan fingerprint density at radius 2 is 2.00 bits per heavy atom. The van der Waals surface area contributed by atoms with Crippen LogP contribution in [0.2, 0.25) is 5.02 Å². The highest BCUT2D eigenvalue weighted by atomic mass is 35.5. The van der Waals surface area contributed by atoms with Crippen LogP contribution in [0.15, 0.2) is 76.7 Å². The maximum Gasteiger partial charge on any atom is 0.173 e. The van der Waals surface area contributed by atoms with E-state index >= 15 is 0 Å². The second-order valence-corrected chi connectivity index (χ2v) is 7.13. The van der Waals surface area contributed by atoms with E-state index in [4.69, 9.17) is 20.9 Å². The van der Waals surface area contributed by atoms with Gasteiger partial charge in [0.05, 0.1) is 18.6 Å². The van der Waals surface area contributed by atoms with Crippen molar-refractivity contribution < 1.29 is 9.26 Å². The molecule has 0 radical (unpaired) electrons. The zero-order chi connectivity index (χ0) is 18.6. The number of nitrogens with zero attached hydrogens (tertiary/aromatic N) is 3. The second-order valence-electron chi connectivity index (χ2n) is 5.76. The molecule has 0 N–H and O–H groups in total. The molecule has 2 heterocycles. The molecule has 0 aliphatic rings. The quantitative estimate of drug-likeness (QED) is 0.403. The number of imidazole rings is 1. The van der Waals surface area contributed by atoms with Crippen LogP contribution >= 0.6 is 23.4 Å². The third kappa shape index (κ3) is 4.02. The van der Waals surface area contributed by atoms with Crippen LogP contribution in [0.25, 0.3) is 16.9 Å². The Morgan fingerprint density at radius 1 is 1.15 bits per heavy atom. The Kier molecular flexibility index (Phi) is 5.18. The summed E-state index contributed by atoms with van der Waals surface area (Å²) in [6.07, 6.45) is 3.71. The van der Waals surface area contributed by atoms with Gasteiger partial charge >= 0.3 is 0 Å². The molecule has 2 aromatic carbocycles. The minimum atomic E-state index is 0.627. The highest BCUT2D eigenvalue weighted by molar-refractivity contribution is 7.98.